The molecule has 0 aliphatic rings. The molecule has 2 rings (SSSR count). The number of carbonyl (C=O) groups excluding carboxylic acids is 2. The third-order valence-electron chi connectivity index (χ3n) is 2.53. The Morgan fingerprint density at radius 2 is 1.85 bits per heavy atom. The molecule has 0 bridgehead atoms. The number of carbonyl (C=O) groups is 2. The van der Waals surface area contributed by atoms with Crippen LogP contribution in [0.3, 0.4) is 0 Å². The summed E-state index contributed by atoms with van der Waals surface area (Å²) >= 11 is 0. The molecule has 1 aromatic carbocycles. The van der Waals surface area contributed by atoms with Gasteiger partial charge in [-0.25, -0.2) is 4.98 Å². The molecule has 0 unspecified atom stereocenters. The molecule has 1 aromatic heterocycles. The average Bonchev–Trinajstić information content (AvgIpc) is 2.94. The zero-order chi connectivity index (χ0) is 14.4. The fraction of sp³-hybridized carbons (Fsp3) is 0.214. The molecule has 2 N–H and O–H groups in total. The molecule has 0 saturated carbocycles. The second-order valence-corrected chi connectivity index (χ2v) is 4.13. The summed E-state index contributed by atoms with van der Waals surface area (Å²) in [6.45, 7) is 2.13. The molecule has 104 valence electrons. The van der Waals surface area contributed by atoms with Gasteiger partial charge in [-0.3, -0.25) is 9.59 Å². The van der Waals surface area contributed by atoms with Crippen LogP contribution in [0.1, 0.15) is 17.5 Å². The van der Waals surface area contributed by atoms with E-state index in [0.717, 1.165) is 5.56 Å². The van der Waals surface area contributed by atoms with Crippen LogP contribution >= 0.6 is 0 Å². The fourth-order valence-electron chi connectivity index (χ4n) is 1.59. The monoisotopic (exact) mass is 273 g/mol. The van der Waals surface area contributed by atoms with E-state index in [-0.39, 0.29) is 17.6 Å². The van der Waals surface area contributed by atoms with Crippen molar-refractivity contribution in [2.24, 2.45) is 0 Å². The van der Waals surface area contributed by atoms with Gasteiger partial charge in [0, 0.05) is 25.6 Å². The quantitative estimate of drug-likeness (QED) is 0.802. The van der Waals surface area contributed by atoms with Gasteiger partial charge < -0.3 is 15.1 Å². The number of nitrogens with zero attached hydrogens (tertiary/aromatic N) is 1. The molecule has 0 saturated heterocycles. The van der Waals surface area contributed by atoms with E-state index >= 15 is 0 Å². The molecule has 0 aliphatic heterocycles. The Hall–Kier alpha value is -2.63. The maximum Gasteiger partial charge on any atom is 0.288 e. The van der Waals surface area contributed by atoms with Crippen molar-refractivity contribution in [3.63, 3.8) is 0 Å². The molecule has 0 aliphatic carbocycles. The first kappa shape index (κ1) is 13.8. The van der Waals surface area contributed by atoms with Gasteiger partial charge in [-0.15, -0.1) is 0 Å². The molecule has 6 nitrogen and oxygen atoms in total. The summed E-state index contributed by atoms with van der Waals surface area (Å²) in [6.07, 6.45) is 1.38. The highest BCUT2D eigenvalue weighted by Crippen LogP contribution is 2.18. The van der Waals surface area contributed by atoms with Crippen molar-refractivity contribution in [1.82, 2.24) is 15.6 Å². The number of amides is 2. The first-order chi connectivity index (χ1) is 9.66. The number of oxazole rings is 1. The van der Waals surface area contributed by atoms with Crippen molar-refractivity contribution in [1.29, 1.82) is 0 Å². The first-order valence-electron chi connectivity index (χ1n) is 6.20. The Morgan fingerprint density at radius 3 is 2.55 bits per heavy atom. The highest BCUT2D eigenvalue weighted by atomic mass is 16.4. The summed E-state index contributed by atoms with van der Waals surface area (Å²) in [7, 11) is 0. The van der Waals surface area contributed by atoms with Gasteiger partial charge in [0.05, 0.1) is 6.20 Å². The Balaban J connectivity index is 1.92. The van der Waals surface area contributed by atoms with Gasteiger partial charge in [-0.1, -0.05) is 18.2 Å². The summed E-state index contributed by atoms with van der Waals surface area (Å²) in [6, 6.07) is 9.33. The van der Waals surface area contributed by atoms with E-state index in [4.69, 9.17) is 4.42 Å². The third-order valence-corrected chi connectivity index (χ3v) is 2.53. The Labute approximate surface area is 116 Å². The normalized spacial score (nSPS) is 10.1. The minimum Gasteiger partial charge on any atom is -0.431 e. The molecule has 0 radical (unpaired) electrons. The molecule has 20 heavy (non-hydrogen) atoms. The second kappa shape index (κ2) is 6.51. The molecule has 0 spiro atoms. The number of hydrogen-bond acceptors (Lipinski definition) is 4. The van der Waals surface area contributed by atoms with Gasteiger partial charge in [0.2, 0.25) is 17.6 Å². The predicted octanol–water partition coefficient (Wildman–Crippen LogP) is 1.21. The summed E-state index contributed by atoms with van der Waals surface area (Å²) in [5.74, 6) is 0.0552. The van der Waals surface area contributed by atoms with Crippen LogP contribution in [-0.2, 0) is 4.79 Å². The zero-order valence-corrected chi connectivity index (χ0v) is 11.1. The molecule has 6 heteroatoms. The SMILES string of the molecule is CC(=O)NCCNC(=O)c1cnc(-c2ccccc2)o1. The lowest BCUT2D eigenvalue weighted by atomic mass is 10.2. The lowest BCUT2D eigenvalue weighted by molar-refractivity contribution is -0.118. The molecule has 0 fully saturated rings. The van der Waals surface area contributed by atoms with E-state index in [1.807, 2.05) is 30.3 Å². The Kier molecular flexibility index (Phi) is 4.49. The van der Waals surface area contributed by atoms with Gasteiger partial charge in [0.25, 0.3) is 5.91 Å². The van der Waals surface area contributed by atoms with Crippen molar-refractivity contribution >= 4 is 11.8 Å². The number of hydrogen-bond donors (Lipinski definition) is 2. The largest absolute Gasteiger partial charge is 0.431 e. The van der Waals surface area contributed by atoms with Crippen molar-refractivity contribution in [2.75, 3.05) is 13.1 Å². The zero-order valence-electron chi connectivity index (χ0n) is 11.1. The van der Waals surface area contributed by atoms with Gasteiger partial charge in [0.1, 0.15) is 0 Å². The van der Waals surface area contributed by atoms with E-state index in [2.05, 4.69) is 15.6 Å². The summed E-state index contributed by atoms with van der Waals surface area (Å²) < 4.78 is 5.40. The van der Waals surface area contributed by atoms with Crippen LogP contribution in [0.5, 0.6) is 0 Å². The standard InChI is InChI=1S/C14H15N3O3/c1-10(18)15-7-8-16-13(19)12-9-17-14(20-12)11-5-3-2-4-6-11/h2-6,9H,7-8H2,1H3,(H,15,18)(H,16,19). The van der Waals surface area contributed by atoms with E-state index in [1.54, 1.807) is 0 Å². The number of nitrogens with one attached hydrogen (secondary N) is 2. The molecular weight excluding hydrogens is 258 g/mol. The van der Waals surface area contributed by atoms with E-state index in [1.165, 1.54) is 13.1 Å². The lowest BCUT2D eigenvalue weighted by Crippen LogP contribution is -2.33. The minimum absolute atomic E-state index is 0.134. The van der Waals surface area contributed by atoms with Crippen molar-refractivity contribution in [2.45, 2.75) is 6.92 Å². The van der Waals surface area contributed by atoms with Crippen LogP contribution in [-0.4, -0.2) is 29.9 Å². The fourth-order valence-corrected chi connectivity index (χ4v) is 1.59. The highest BCUT2D eigenvalue weighted by Gasteiger charge is 2.12. The lowest BCUT2D eigenvalue weighted by Gasteiger charge is -2.03. The van der Waals surface area contributed by atoms with Crippen LogP contribution in [0.4, 0.5) is 0 Å². The topological polar surface area (TPSA) is 84.2 Å². The maximum atomic E-state index is 11.8. The molecule has 0 atom stereocenters. The molecule has 2 amide bonds. The van der Waals surface area contributed by atoms with Crippen LogP contribution in [0.2, 0.25) is 0 Å². The van der Waals surface area contributed by atoms with Gasteiger partial charge in [0.15, 0.2) is 0 Å². The highest BCUT2D eigenvalue weighted by molar-refractivity contribution is 5.91. The van der Waals surface area contributed by atoms with E-state index < -0.39 is 0 Å². The molecule has 2 aromatic rings. The predicted molar refractivity (Wildman–Crippen MR) is 73.0 cm³/mol. The van der Waals surface area contributed by atoms with Gasteiger partial charge in [-0.05, 0) is 12.1 Å². The summed E-state index contributed by atoms with van der Waals surface area (Å²) in [4.78, 5) is 26.5. The number of aromatic nitrogens is 1. The van der Waals surface area contributed by atoms with Crippen LogP contribution in [0.15, 0.2) is 40.9 Å². The Morgan fingerprint density at radius 1 is 1.15 bits per heavy atom. The Bertz CT molecular complexity index is 593. The summed E-state index contributed by atoms with van der Waals surface area (Å²) in [5, 5.41) is 5.22. The van der Waals surface area contributed by atoms with E-state index in [9.17, 15) is 9.59 Å². The third kappa shape index (κ3) is 3.68. The summed E-state index contributed by atoms with van der Waals surface area (Å²) in [5.41, 5.74) is 0.810. The first-order valence-corrected chi connectivity index (χ1v) is 6.20. The van der Waals surface area contributed by atoms with Crippen LogP contribution < -0.4 is 10.6 Å². The van der Waals surface area contributed by atoms with Crippen molar-refractivity contribution in [3.8, 4) is 11.5 Å². The smallest absolute Gasteiger partial charge is 0.288 e. The van der Waals surface area contributed by atoms with Crippen LogP contribution in [0, 0.1) is 0 Å². The van der Waals surface area contributed by atoms with Crippen LogP contribution in [0.25, 0.3) is 11.5 Å². The van der Waals surface area contributed by atoms with Gasteiger partial charge in [-0.2, -0.15) is 0 Å². The second-order valence-electron chi connectivity index (χ2n) is 4.13. The van der Waals surface area contributed by atoms with Gasteiger partial charge >= 0.3 is 0 Å². The average molecular weight is 273 g/mol. The number of benzene rings is 1. The van der Waals surface area contributed by atoms with Crippen molar-refractivity contribution in [3.05, 3.63) is 42.3 Å². The molecular formula is C14H15N3O3. The molecule has 1 heterocycles. The minimum atomic E-state index is -0.356. The van der Waals surface area contributed by atoms with E-state index in [0.29, 0.717) is 19.0 Å². The maximum absolute atomic E-state index is 11.8. The number of rotatable bonds is 5. The van der Waals surface area contributed by atoms with Crippen molar-refractivity contribution < 1.29 is 14.0 Å².